The highest BCUT2D eigenvalue weighted by Crippen LogP contribution is 2.29. The van der Waals surface area contributed by atoms with Crippen LogP contribution in [0.1, 0.15) is 26.2 Å². The first kappa shape index (κ1) is 15.2. The van der Waals surface area contributed by atoms with E-state index in [2.05, 4.69) is 27.2 Å². The van der Waals surface area contributed by atoms with Crippen molar-refractivity contribution in [1.82, 2.24) is 10.3 Å². The first-order valence-electron chi connectivity index (χ1n) is 6.91. The summed E-state index contributed by atoms with van der Waals surface area (Å²) in [7, 11) is 0. The van der Waals surface area contributed by atoms with E-state index in [0.29, 0.717) is 30.1 Å². The summed E-state index contributed by atoms with van der Waals surface area (Å²) < 4.78 is 4.61. The minimum Gasteiger partial charge on any atom is -0.396 e. The molecule has 21 heavy (non-hydrogen) atoms. The van der Waals surface area contributed by atoms with Crippen molar-refractivity contribution in [2.24, 2.45) is 5.92 Å². The molecule has 0 aliphatic carbocycles. The average molecular weight is 294 g/mol. The molecule has 1 atom stereocenters. The van der Waals surface area contributed by atoms with Crippen LogP contribution in [-0.2, 0) is 0 Å². The molecule has 0 fully saturated rings. The van der Waals surface area contributed by atoms with Crippen LogP contribution in [0.4, 0.5) is 11.4 Å². The number of non-ortho nitro benzene ring substituents is 1. The molecule has 0 saturated carbocycles. The van der Waals surface area contributed by atoms with Crippen LogP contribution in [0.2, 0.25) is 0 Å². The summed E-state index contributed by atoms with van der Waals surface area (Å²) in [6, 6.07) is 2.99. The number of nitro benzene ring substituents is 1. The Morgan fingerprint density at radius 1 is 1.38 bits per heavy atom. The van der Waals surface area contributed by atoms with Crippen molar-refractivity contribution >= 4 is 22.4 Å². The lowest BCUT2D eigenvalue weighted by atomic mass is 10.00. The normalized spacial score (nSPS) is 12.5. The molecule has 0 amide bonds. The molecule has 1 heterocycles. The molecule has 0 aliphatic heterocycles. The van der Waals surface area contributed by atoms with Crippen molar-refractivity contribution in [3.63, 3.8) is 0 Å². The molecule has 0 aliphatic rings. The molecule has 1 unspecified atom stereocenters. The highest BCUT2D eigenvalue weighted by atomic mass is 16.6. The van der Waals surface area contributed by atoms with Crippen molar-refractivity contribution in [1.29, 1.82) is 0 Å². The average Bonchev–Trinajstić information content (AvgIpc) is 2.94. The predicted octanol–water partition coefficient (Wildman–Crippen LogP) is 2.34. The SMILES string of the molecule is CCCC(CCO)CNc1ccc([N+](=O)[O-])c2nonc12. The third-order valence-electron chi connectivity index (χ3n) is 3.41. The highest BCUT2D eigenvalue weighted by molar-refractivity contribution is 5.93. The number of rotatable bonds is 8. The Morgan fingerprint density at radius 3 is 2.81 bits per heavy atom. The number of nitrogens with one attached hydrogen (secondary N) is 1. The van der Waals surface area contributed by atoms with Crippen LogP contribution in [0.25, 0.3) is 11.0 Å². The van der Waals surface area contributed by atoms with Gasteiger partial charge in [-0.15, -0.1) is 0 Å². The molecular formula is C13H18N4O4. The van der Waals surface area contributed by atoms with Gasteiger partial charge < -0.3 is 10.4 Å². The Hall–Kier alpha value is -2.22. The van der Waals surface area contributed by atoms with Gasteiger partial charge in [0.15, 0.2) is 5.52 Å². The van der Waals surface area contributed by atoms with E-state index in [4.69, 9.17) is 5.11 Å². The smallest absolute Gasteiger partial charge is 0.300 e. The quantitative estimate of drug-likeness (QED) is 0.567. The molecule has 0 radical (unpaired) electrons. The van der Waals surface area contributed by atoms with Gasteiger partial charge in [-0.05, 0) is 35.1 Å². The molecule has 0 spiro atoms. The van der Waals surface area contributed by atoms with Gasteiger partial charge in [0.1, 0.15) is 0 Å². The molecular weight excluding hydrogens is 276 g/mol. The van der Waals surface area contributed by atoms with E-state index in [0.717, 1.165) is 12.8 Å². The van der Waals surface area contributed by atoms with Gasteiger partial charge in [-0.2, -0.15) is 0 Å². The second-order valence-electron chi connectivity index (χ2n) is 4.90. The maximum Gasteiger partial charge on any atom is 0.300 e. The Labute approximate surface area is 121 Å². The summed E-state index contributed by atoms with van der Waals surface area (Å²) in [6.07, 6.45) is 2.75. The third-order valence-corrected chi connectivity index (χ3v) is 3.41. The lowest BCUT2D eigenvalue weighted by Crippen LogP contribution is -2.16. The summed E-state index contributed by atoms with van der Waals surface area (Å²) in [6.45, 7) is 2.90. The standard InChI is InChI=1S/C13H18N4O4/c1-2-3-9(6-7-18)8-14-10-4-5-11(17(19)20)13-12(10)15-21-16-13/h4-5,9,14,18H,2-3,6-8H2,1H3. The molecule has 1 aromatic heterocycles. The van der Waals surface area contributed by atoms with Gasteiger partial charge in [-0.3, -0.25) is 10.1 Å². The van der Waals surface area contributed by atoms with Crippen LogP contribution in [0.15, 0.2) is 16.8 Å². The van der Waals surface area contributed by atoms with Gasteiger partial charge >= 0.3 is 5.69 Å². The minimum absolute atomic E-state index is 0.128. The fourth-order valence-electron chi connectivity index (χ4n) is 2.34. The van der Waals surface area contributed by atoms with Crippen molar-refractivity contribution in [3.8, 4) is 0 Å². The van der Waals surface area contributed by atoms with Crippen LogP contribution in [0.5, 0.6) is 0 Å². The van der Waals surface area contributed by atoms with Gasteiger partial charge in [0.25, 0.3) is 0 Å². The Balaban J connectivity index is 2.17. The van der Waals surface area contributed by atoms with E-state index >= 15 is 0 Å². The number of nitrogens with zero attached hydrogens (tertiary/aromatic N) is 3. The van der Waals surface area contributed by atoms with Gasteiger partial charge in [0.2, 0.25) is 5.52 Å². The third kappa shape index (κ3) is 3.46. The Bertz CT molecular complexity index is 607. The number of nitro groups is 1. The van der Waals surface area contributed by atoms with Crippen LogP contribution in [0.3, 0.4) is 0 Å². The lowest BCUT2D eigenvalue weighted by molar-refractivity contribution is -0.383. The maximum atomic E-state index is 10.9. The van der Waals surface area contributed by atoms with Gasteiger partial charge in [-0.25, -0.2) is 4.63 Å². The first-order valence-corrected chi connectivity index (χ1v) is 6.91. The molecule has 8 nitrogen and oxygen atoms in total. The molecule has 2 N–H and O–H groups in total. The zero-order valence-electron chi connectivity index (χ0n) is 11.8. The molecule has 0 bridgehead atoms. The fraction of sp³-hybridized carbons (Fsp3) is 0.538. The largest absolute Gasteiger partial charge is 0.396 e. The molecule has 114 valence electrons. The van der Waals surface area contributed by atoms with Crippen LogP contribution < -0.4 is 5.32 Å². The minimum atomic E-state index is -0.512. The van der Waals surface area contributed by atoms with Crippen molar-refractivity contribution < 1.29 is 14.7 Å². The van der Waals surface area contributed by atoms with Crippen LogP contribution >= 0.6 is 0 Å². The second kappa shape index (κ2) is 6.98. The monoisotopic (exact) mass is 294 g/mol. The predicted molar refractivity (Wildman–Crippen MR) is 77.0 cm³/mol. The summed E-state index contributed by atoms with van der Waals surface area (Å²) >= 11 is 0. The number of aliphatic hydroxyl groups is 1. The van der Waals surface area contributed by atoms with Crippen LogP contribution in [-0.4, -0.2) is 33.5 Å². The van der Waals surface area contributed by atoms with Gasteiger partial charge in [0.05, 0.1) is 10.6 Å². The zero-order chi connectivity index (χ0) is 15.2. The molecule has 2 rings (SSSR count). The van der Waals surface area contributed by atoms with E-state index in [1.165, 1.54) is 6.07 Å². The number of benzene rings is 1. The lowest BCUT2D eigenvalue weighted by Gasteiger charge is -2.16. The molecule has 1 aromatic carbocycles. The van der Waals surface area contributed by atoms with E-state index < -0.39 is 4.92 Å². The van der Waals surface area contributed by atoms with Crippen molar-refractivity contribution in [3.05, 3.63) is 22.2 Å². The van der Waals surface area contributed by atoms with E-state index in [-0.39, 0.29) is 17.8 Å². The van der Waals surface area contributed by atoms with E-state index in [1.807, 2.05) is 0 Å². The number of aliphatic hydroxyl groups excluding tert-OH is 1. The van der Waals surface area contributed by atoms with Crippen molar-refractivity contribution in [2.45, 2.75) is 26.2 Å². The molecule has 8 heteroatoms. The van der Waals surface area contributed by atoms with Crippen molar-refractivity contribution in [2.75, 3.05) is 18.5 Å². The fourth-order valence-corrected chi connectivity index (χ4v) is 2.34. The highest BCUT2D eigenvalue weighted by Gasteiger charge is 2.19. The summed E-state index contributed by atoms with van der Waals surface area (Å²) in [4.78, 5) is 10.4. The Kier molecular flexibility index (Phi) is 5.04. The van der Waals surface area contributed by atoms with E-state index in [9.17, 15) is 10.1 Å². The topological polar surface area (TPSA) is 114 Å². The number of aromatic nitrogens is 2. The van der Waals surface area contributed by atoms with Gasteiger partial charge in [-0.1, -0.05) is 13.3 Å². The Morgan fingerprint density at radius 2 is 2.14 bits per heavy atom. The van der Waals surface area contributed by atoms with E-state index in [1.54, 1.807) is 6.07 Å². The zero-order valence-corrected chi connectivity index (χ0v) is 11.8. The van der Waals surface area contributed by atoms with Crippen LogP contribution in [0, 0.1) is 16.0 Å². The second-order valence-corrected chi connectivity index (χ2v) is 4.90. The summed E-state index contributed by atoms with van der Waals surface area (Å²) in [5.41, 5.74) is 1.01. The summed E-state index contributed by atoms with van der Waals surface area (Å²) in [5.74, 6) is 0.338. The molecule has 0 saturated heterocycles. The van der Waals surface area contributed by atoms with Gasteiger partial charge in [0, 0.05) is 19.2 Å². The molecule has 2 aromatic rings. The first-order chi connectivity index (χ1) is 10.2. The summed E-state index contributed by atoms with van der Waals surface area (Å²) in [5, 5.41) is 30.5. The number of anilines is 1. The number of hydrogen-bond donors (Lipinski definition) is 2. The number of hydrogen-bond acceptors (Lipinski definition) is 7. The maximum absolute atomic E-state index is 10.9. The number of fused-ring (bicyclic) bond motifs is 1.